The molecule has 6 nitrogen and oxygen atoms in total. The Morgan fingerprint density at radius 3 is 2.42 bits per heavy atom. The Labute approximate surface area is 156 Å². The Morgan fingerprint density at radius 2 is 1.96 bits per heavy atom. The van der Waals surface area contributed by atoms with Crippen LogP contribution in [0.25, 0.3) is 0 Å². The summed E-state index contributed by atoms with van der Waals surface area (Å²) < 4.78 is 0. The quantitative estimate of drug-likeness (QED) is 0.568. The van der Waals surface area contributed by atoms with Crippen LogP contribution >= 0.6 is 0 Å². The average Bonchev–Trinajstić information content (AvgIpc) is 2.91. The van der Waals surface area contributed by atoms with Crippen molar-refractivity contribution in [2.24, 2.45) is 21.3 Å². The number of ketones is 1. The zero-order valence-electron chi connectivity index (χ0n) is 16.7. The number of unbranched alkanes of at least 4 members (excludes halogenated alkanes) is 1. The highest BCUT2D eigenvalue weighted by molar-refractivity contribution is 6.32. The van der Waals surface area contributed by atoms with E-state index >= 15 is 0 Å². The predicted octanol–water partition coefficient (Wildman–Crippen LogP) is 2.32. The molecule has 6 heteroatoms. The minimum absolute atomic E-state index is 0.0236. The van der Waals surface area contributed by atoms with Crippen molar-refractivity contribution in [3.63, 3.8) is 0 Å². The monoisotopic (exact) mass is 365 g/mol. The Hall–Kier alpha value is -1.56. The van der Waals surface area contributed by atoms with Crippen molar-refractivity contribution in [1.82, 2.24) is 0 Å². The number of rotatable bonds is 11. The van der Waals surface area contributed by atoms with Gasteiger partial charge in [-0.15, -0.1) is 0 Å². The Bertz CT molecular complexity index is 563. The van der Waals surface area contributed by atoms with Crippen LogP contribution in [0.15, 0.2) is 9.98 Å². The summed E-state index contributed by atoms with van der Waals surface area (Å²) in [6, 6.07) is 0. The van der Waals surface area contributed by atoms with Crippen LogP contribution in [-0.2, 0) is 9.59 Å². The molecule has 1 aliphatic heterocycles. The van der Waals surface area contributed by atoms with Gasteiger partial charge in [0.15, 0.2) is 5.78 Å². The zero-order valence-corrected chi connectivity index (χ0v) is 16.7. The van der Waals surface area contributed by atoms with Crippen LogP contribution in [0.5, 0.6) is 0 Å². The van der Waals surface area contributed by atoms with Gasteiger partial charge in [0.25, 0.3) is 0 Å². The predicted molar refractivity (Wildman–Crippen MR) is 101 cm³/mol. The maximum atomic E-state index is 12.5. The van der Waals surface area contributed by atoms with Crippen LogP contribution in [0.3, 0.4) is 0 Å². The molecule has 0 aromatic rings. The van der Waals surface area contributed by atoms with Crippen molar-refractivity contribution in [1.29, 1.82) is 0 Å². The van der Waals surface area contributed by atoms with Gasteiger partial charge in [0.05, 0.1) is 11.8 Å². The highest BCUT2D eigenvalue weighted by Gasteiger charge is 2.38. The molecule has 1 aliphatic rings. The standard InChI is InChI=1S/C20H34N2O4/c1-6-20(21-13-14(2)22-20)17(24)12-16(23)11-15(18(25)26)9-7-8-10-19(3,4)5/h13,15-16,23H,6-12H2,1-5H3,(H,25,26)/p-1. The van der Waals surface area contributed by atoms with Gasteiger partial charge in [0.1, 0.15) is 0 Å². The molecule has 3 unspecified atom stereocenters. The van der Waals surface area contributed by atoms with Gasteiger partial charge in [0.2, 0.25) is 5.66 Å². The van der Waals surface area contributed by atoms with Crippen molar-refractivity contribution in [3.05, 3.63) is 0 Å². The second-order valence-corrected chi connectivity index (χ2v) is 8.52. The van der Waals surface area contributed by atoms with E-state index in [0.29, 0.717) is 18.6 Å². The number of aliphatic hydroxyl groups excluding tert-OH is 1. The number of aliphatic hydroxyl groups is 1. The molecule has 0 radical (unpaired) electrons. The lowest BCUT2D eigenvalue weighted by Gasteiger charge is -2.25. The lowest BCUT2D eigenvalue weighted by atomic mass is 9.87. The molecule has 0 aromatic carbocycles. The van der Waals surface area contributed by atoms with E-state index in [0.717, 1.165) is 19.3 Å². The van der Waals surface area contributed by atoms with E-state index in [-0.39, 0.29) is 24.0 Å². The average molecular weight is 365 g/mol. The maximum Gasteiger partial charge on any atom is 0.208 e. The van der Waals surface area contributed by atoms with E-state index in [1.165, 1.54) is 0 Å². The maximum absolute atomic E-state index is 12.5. The van der Waals surface area contributed by atoms with E-state index in [2.05, 4.69) is 30.8 Å². The molecular formula is C20H33N2O4-. The van der Waals surface area contributed by atoms with Gasteiger partial charge < -0.3 is 15.0 Å². The second kappa shape index (κ2) is 9.40. The fourth-order valence-electron chi connectivity index (χ4n) is 3.22. The Kier molecular flexibility index (Phi) is 8.13. The molecule has 0 saturated heterocycles. The van der Waals surface area contributed by atoms with E-state index in [9.17, 15) is 19.8 Å². The van der Waals surface area contributed by atoms with Gasteiger partial charge in [-0.05, 0) is 38.0 Å². The van der Waals surface area contributed by atoms with E-state index in [4.69, 9.17) is 0 Å². The first-order chi connectivity index (χ1) is 12.0. The molecule has 0 aromatic heterocycles. The zero-order chi connectivity index (χ0) is 20.0. The first-order valence-electron chi connectivity index (χ1n) is 9.53. The first-order valence-corrected chi connectivity index (χ1v) is 9.53. The van der Waals surface area contributed by atoms with Gasteiger partial charge in [-0.2, -0.15) is 0 Å². The van der Waals surface area contributed by atoms with Crippen molar-refractivity contribution in [2.75, 3.05) is 0 Å². The molecule has 0 fully saturated rings. The van der Waals surface area contributed by atoms with Crippen molar-refractivity contribution >= 4 is 23.7 Å². The lowest BCUT2D eigenvalue weighted by molar-refractivity contribution is -0.312. The van der Waals surface area contributed by atoms with Gasteiger partial charge in [0, 0.05) is 24.5 Å². The number of Topliss-reactive ketones (excluding diaryl/α,β-unsaturated/α-hetero) is 1. The SMILES string of the molecule is CCC1(C(=O)CC(O)CC(CCCCC(C)(C)C)C(=O)[O-])N=CC(C)=N1. The van der Waals surface area contributed by atoms with E-state index < -0.39 is 23.7 Å². The highest BCUT2D eigenvalue weighted by Crippen LogP contribution is 2.27. The fraction of sp³-hybridized carbons (Fsp3) is 0.800. The summed E-state index contributed by atoms with van der Waals surface area (Å²) in [6.07, 6.45) is 4.01. The Morgan fingerprint density at radius 1 is 1.31 bits per heavy atom. The second-order valence-electron chi connectivity index (χ2n) is 8.52. The van der Waals surface area contributed by atoms with E-state index in [1.54, 1.807) is 13.1 Å². The summed E-state index contributed by atoms with van der Waals surface area (Å²) in [7, 11) is 0. The van der Waals surface area contributed by atoms with Crippen LogP contribution in [-0.4, -0.2) is 40.6 Å². The highest BCUT2D eigenvalue weighted by atomic mass is 16.4. The molecule has 0 amide bonds. The molecule has 1 N–H and O–H groups in total. The minimum atomic E-state index is -1.16. The van der Waals surface area contributed by atoms with E-state index in [1.807, 2.05) is 6.92 Å². The lowest BCUT2D eigenvalue weighted by Crippen LogP contribution is -2.37. The smallest absolute Gasteiger partial charge is 0.208 e. The summed E-state index contributed by atoms with van der Waals surface area (Å²) >= 11 is 0. The number of nitrogens with zero attached hydrogens (tertiary/aromatic N) is 2. The molecular weight excluding hydrogens is 332 g/mol. The molecule has 3 atom stereocenters. The molecule has 148 valence electrons. The van der Waals surface area contributed by atoms with Crippen LogP contribution in [0.1, 0.15) is 79.6 Å². The molecule has 1 rings (SSSR count). The molecule has 0 bridgehead atoms. The molecule has 0 aliphatic carbocycles. The minimum Gasteiger partial charge on any atom is -0.550 e. The first kappa shape index (κ1) is 22.5. The van der Waals surface area contributed by atoms with Gasteiger partial charge in [-0.3, -0.25) is 14.8 Å². The van der Waals surface area contributed by atoms with Crippen molar-refractivity contribution in [3.8, 4) is 0 Å². The van der Waals surface area contributed by atoms with Crippen LogP contribution in [0.2, 0.25) is 0 Å². The molecule has 0 spiro atoms. The number of carbonyl (C=O) groups excluding carboxylic acids is 2. The Balaban J connectivity index is 2.54. The van der Waals surface area contributed by atoms with Gasteiger partial charge >= 0.3 is 0 Å². The number of aliphatic imine (C=N–C) groups is 2. The van der Waals surface area contributed by atoms with Crippen LogP contribution < -0.4 is 5.11 Å². The third-order valence-corrected chi connectivity index (χ3v) is 4.81. The number of carbonyl (C=O) groups is 2. The molecule has 1 heterocycles. The third-order valence-electron chi connectivity index (χ3n) is 4.81. The number of hydrogen-bond donors (Lipinski definition) is 1. The van der Waals surface area contributed by atoms with Crippen LogP contribution in [0.4, 0.5) is 0 Å². The summed E-state index contributed by atoms with van der Waals surface area (Å²) in [5.74, 6) is -2.18. The number of carboxylic acid groups (broad SMARTS) is 1. The van der Waals surface area contributed by atoms with Gasteiger partial charge in [-0.25, -0.2) is 0 Å². The molecule has 26 heavy (non-hydrogen) atoms. The number of hydrogen-bond acceptors (Lipinski definition) is 6. The number of aliphatic carboxylic acids is 1. The summed E-state index contributed by atoms with van der Waals surface area (Å²) in [5, 5.41) is 21.6. The normalized spacial score (nSPS) is 22.2. The molecule has 0 saturated carbocycles. The number of carboxylic acids is 1. The van der Waals surface area contributed by atoms with Crippen molar-refractivity contribution in [2.45, 2.75) is 91.3 Å². The fourth-order valence-corrected chi connectivity index (χ4v) is 3.22. The largest absolute Gasteiger partial charge is 0.550 e. The summed E-state index contributed by atoms with van der Waals surface area (Å²) in [6.45, 7) is 10.0. The van der Waals surface area contributed by atoms with Gasteiger partial charge in [-0.1, -0.05) is 40.5 Å². The summed E-state index contributed by atoms with van der Waals surface area (Å²) in [5.41, 5.74) is -0.242. The summed E-state index contributed by atoms with van der Waals surface area (Å²) in [4.78, 5) is 32.4. The topological polar surface area (TPSA) is 102 Å². The third kappa shape index (κ3) is 6.98. The van der Waals surface area contributed by atoms with Crippen LogP contribution in [0, 0.1) is 11.3 Å². The van der Waals surface area contributed by atoms with Crippen molar-refractivity contribution < 1.29 is 19.8 Å².